The summed E-state index contributed by atoms with van der Waals surface area (Å²) in [5, 5.41) is 0. The molecule has 4 nitrogen and oxygen atoms in total. The Bertz CT molecular complexity index is 559. The number of Topliss-reactive ketones (excluding diaryl/α,β-unsaturated/α-hetero) is 2. The predicted molar refractivity (Wildman–Crippen MR) is 84.0 cm³/mol. The van der Waals surface area contributed by atoms with E-state index in [1.807, 2.05) is 20.8 Å². The quantitative estimate of drug-likeness (QED) is 0.867. The highest BCUT2D eigenvalue weighted by molar-refractivity contribution is 6.05. The van der Waals surface area contributed by atoms with Crippen LogP contribution >= 0.6 is 0 Å². The zero-order valence-electron chi connectivity index (χ0n) is 13.7. The van der Waals surface area contributed by atoms with Crippen molar-refractivity contribution in [2.24, 2.45) is 5.92 Å². The van der Waals surface area contributed by atoms with Gasteiger partial charge in [0.05, 0.1) is 11.7 Å². The second-order valence-electron chi connectivity index (χ2n) is 6.46. The summed E-state index contributed by atoms with van der Waals surface area (Å²) in [6.45, 7) is 11.4. The van der Waals surface area contributed by atoms with Crippen molar-refractivity contribution in [2.45, 2.75) is 53.5 Å². The van der Waals surface area contributed by atoms with Crippen LogP contribution in [0.4, 0.5) is 0 Å². The van der Waals surface area contributed by atoms with Crippen LogP contribution < -0.4 is 0 Å². The van der Waals surface area contributed by atoms with E-state index < -0.39 is 0 Å². The van der Waals surface area contributed by atoms with Gasteiger partial charge in [-0.25, -0.2) is 0 Å². The molecule has 4 heteroatoms. The summed E-state index contributed by atoms with van der Waals surface area (Å²) >= 11 is 0. The Morgan fingerprint density at radius 2 is 2.00 bits per heavy atom. The first-order valence-electron chi connectivity index (χ1n) is 7.81. The van der Waals surface area contributed by atoms with Crippen molar-refractivity contribution in [3.63, 3.8) is 0 Å². The molecule has 1 N–H and O–H groups in total. The van der Waals surface area contributed by atoms with Crippen LogP contribution in [0.2, 0.25) is 0 Å². The average molecular weight is 290 g/mol. The van der Waals surface area contributed by atoms with Crippen molar-refractivity contribution >= 4 is 11.6 Å². The fraction of sp³-hybridized carbons (Fsp3) is 0.647. The minimum Gasteiger partial charge on any atom is -0.355 e. The molecular formula is C17H26N2O2. The molecule has 0 aromatic carbocycles. The molecule has 0 bridgehead atoms. The Kier molecular flexibility index (Phi) is 4.67. The lowest BCUT2D eigenvalue weighted by molar-refractivity contribution is 0.0759. The van der Waals surface area contributed by atoms with Crippen molar-refractivity contribution in [3.05, 3.63) is 22.5 Å². The van der Waals surface area contributed by atoms with E-state index in [9.17, 15) is 9.59 Å². The number of carbonyl (C=O) groups is 2. The van der Waals surface area contributed by atoms with Gasteiger partial charge < -0.3 is 4.98 Å². The van der Waals surface area contributed by atoms with E-state index >= 15 is 0 Å². The first kappa shape index (κ1) is 16.0. The summed E-state index contributed by atoms with van der Waals surface area (Å²) in [5.74, 6) is 0.755. The van der Waals surface area contributed by atoms with Gasteiger partial charge in [-0.3, -0.25) is 14.5 Å². The lowest BCUT2D eigenvalue weighted by Gasteiger charge is -2.34. The highest BCUT2D eigenvalue weighted by Gasteiger charge is 2.29. The second-order valence-corrected chi connectivity index (χ2v) is 6.46. The Morgan fingerprint density at radius 3 is 2.52 bits per heavy atom. The number of rotatable bonds is 4. The van der Waals surface area contributed by atoms with Crippen LogP contribution in [0.15, 0.2) is 0 Å². The molecule has 1 aromatic heterocycles. The van der Waals surface area contributed by atoms with Crippen molar-refractivity contribution in [1.82, 2.24) is 9.88 Å². The fourth-order valence-electron chi connectivity index (χ4n) is 3.48. The number of H-pyrrole nitrogens is 1. The summed E-state index contributed by atoms with van der Waals surface area (Å²) in [7, 11) is 0. The van der Waals surface area contributed by atoms with Crippen LogP contribution in [0.5, 0.6) is 0 Å². The van der Waals surface area contributed by atoms with Gasteiger partial charge >= 0.3 is 0 Å². The Morgan fingerprint density at radius 1 is 1.33 bits per heavy atom. The topological polar surface area (TPSA) is 53.2 Å². The van der Waals surface area contributed by atoms with Gasteiger partial charge in [-0.15, -0.1) is 0 Å². The van der Waals surface area contributed by atoms with E-state index in [0.29, 0.717) is 17.2 Å². The van der Waals surface area contributed by atoms with E-state index in [1.165, 1.54) is 6.42 Å². The maximum Gasteiger partial charge on any atom is 0.196 e. The molecule has 0 spiro atoms. The zero-order valence-corrected chi connectivity index (χ0v) is 13.7. The van der Waals surface area contributed by atoms with Gasteiger partial charge in [0, 0.05) is 17.8 Å². The monoisotopic (exact) mass is 290 g/mol. The highest BCUT2D eigenvalue weighted by atomic mass is 16.1. The first-order chi connectivity index (χ1) is 9.82. The third kappa shape index (κ3) is 3.10. The van der Waals surface area contributed by atoms with E-state index in [4.69, 9.17) is 0 Å². The van der Waals surface area contributed by atoms with Crippen LogP contribution in [0.25, 0.3) is 0 Å². The average Bonchev–Trinajstić information content (AvgIpc) is 2.72. The third-order valence-electron chi connectivity index (χ3n) is 4.65. The largest absolute Gasteiger partial charge is 0.355 e. The normalized spacial score (nSPS) is 21.3. The number of ketones is 2. The molecule has 2 heterocycles. The SMILES string of the molecule is CC(=O)c1c(C)[nH]c(C(=O)[C@@H](C)N2CCC[C@H](C)C2)c1C. The number of aromatic nitrogens is 1. The molecule has 116 valence electrons. The smallest absolute Gasteiger partial charge is 0.196 e. The van der Waals surface area contributed by atoms with Gasteiger partial charge in [0.1, 0.15) is 0 Å². The fourth-order valence-corrected chi connectivity index (χ4v) is 3.48. The summed E-state index contributed by atoms with van der Waals surface area (Å²) < 4.78 is 0. The summed E-state index contributed by atoms with van der Waals surface area (Å²) in [4.78, 5) is 29.9. The van der Waals surface area contributed by atoms with E-state index in [0.717, 1.165) is 30.8 Å². The van der Waals surface area contributed by atoms with Crippen LogP contribution in [0.3, 0.4) is 0 Å². The maximum atomic E-state index is 12.8. The van der Waals surface area contributed by atoms with Gasteiger partial charge in [0.2, 0.25) is 0 Å². The molecule has 0 aliphatic carbocycles. The number of carbonyl (C=O) groups excluding carboxylic acids is 2. The molecule has 21 heavy (non-hydrogen) atoms. The molecule has 1 saturated heterocycles. The Labute approximate surface area is 126 Å². The van der Waals surface area contributed by atoms with Crippen molar-refractivity contribution < 1.29 is 9.59 Å². The van der Waals surface area contributed by atoms with Gasteiger partial charge in [-0.1, -0.05) is 6.92 Å². The molecule has 0 saturated carbocycles. The van der Waals surface area contributed by atoms with Crippen molar-refractivity contribution in [2.75, 3.05) is 13.1 Å². The van der Waals surface area contributed by atoms with Crippen molar-refractivity contribution in [3.8, 4) is 0 Å². The van der Waals surface area contributed by atoms with Gasteiger partial charge in [-0.05, 0) is 58.6 Å². The van der Waals surface area contributed by atoms with Crippen LogP contribution in [-0.4, -0.2) is 40.6 Å². The number of nitrogens with one attached hydrogen (secondary N) is 1. The standard InChI is InChI=1S/C17H26N2O2/c1-10-7-6-8-19(9-10)13(4)17(21)16-11(2)15(14(5)20)12(3)18-16/h10,13,18H,6-9H2,1-5H3/t10-,13+/m0/s1. The number of aromatic amines is 1. The molecule has 1 aliphatic rings. The molecule has 2 atom stereocenters. The third-order valence-corrected chi connectivity index (χ3v) is 4.65. The van der Waals surface area contributed by atoms with Gasteiger partial charge in [0.15, 0.2) is 11.6 Å². The van der Waals surface area contributed by atoms with Crippen LogP contribution in [0, 0.1) is 19.8 Å². The second kappa shape index (κ2) is 6.14. The molecule has 0 unspecified atom stereocenters. The van der Waals surface area contributed by atoms with E-state index in [-0.39, 0.29) is 17.6 Å². The number of hydrogen-bond acceptors (Lipinski definition) is 3. The molecular weight excluding hydrogens is 264 g/mol. The first-order valence-corrected chi connectivity index (χ1v) is 7.81. The van der Waals surface area contributed by atoms with Crippen LogP contribution in [0.1, 0.15) is 65.7 Å². The molecule has 1 fully saturated rings. The van der Waals surface area contributed by atoms with E-state index in [2.05, 4.69) is 16.8 Å². The summed E-state index contributed by atoms with van der Waals surface area (Å²) in [6, 6.07) is -0.135. The predicted octanol–water partition coefficient (Wildman–Crippen LogP) is 3.14. The number of piperidine rings is 1. The molecule has 2 rings (SSSR count). The van der Waals surface area contributed by atoms with Crippen molar-refractivity contribution in [1.29, 1.82) is 0 Å². The Balaban J connectivity index is 2.23. The maximum absolute atomic E-state index is 12.8. The number of nitrogens with zero attached hydrogens (tertiary/aromatic N) is 1. The summed E-state index contributed by atoms with van der Waals surface area (Å²) in [5.41, 5.74) is 2.85. The Hall–Kier alpha value is -1.42. The number of likely N-dealkylation sites (tertiary alicyclic amines) is 1. The number of aryl methyl sites for hydroxylation is 1. The number of hydrogen-bond donors (Lipinski definition) is 1. The highest BCUT2D eigenvalue weighted by Crippen LogP contribution is 2.23. The van der Waals surface area contributed by atoms with E-state index in [1.54, 1.807) is 6.92 Å². The summed E-state index contributed by atoms with van der Waals surface area (Å²) in [6.07, 6.45) is 2.40. The molecule has 1 aromatic rings. The molecule has 0 radical (unpaired) electrons. The minimum absolute atomic E-state index is 0.0135. The van der Waals surface area contributed by atoms with Gasteiger partial charge in [0.25, 0.3) is 0 Å². The minimum atomic E-state index is -0.135. The zero-order chi connectivity index (χ0) is 15.7. The lowest BCUT2D eigenvalue weighted by Crippen LogP contribution is -2.44. The molecule has 0 amide bonds. The van der Waals surface area contributed by atoms with Gasteiger partial charge in [-0.2, -0.15) is 0 Å². The molecule has 1 aliphatic heterocycles. The lowest BCUT2D eigenvalue weighted by atomic mass is 9.96. The van der Waals surface area contributed by atoms with Crippen LogP contribution in [-0.2, 0) is 0 Å².